The number of thiocarbonyl (C=S) groups is 1. The summed E-state index contributed by atoms with van der Waals surface area (Å²) in [6.45, 7) is 0.416. The lowest BCUT2D eigenvalue weighted by atomic mass is 10.3. The van der Waals surface area contributed by atoms with Gasteiger partial charge in [0, 0.05) is 19.2 Å². The second-order valence-corrected chi connectivity index (χ2v) is 5.94. The van der Waals surface area contributed by atoms with Crippen LogP contribution in [0.3, 0.4) is 0 Å². The molecule has 0 N–H and O–H groups in total. The minimum absolute atomic E-state index is 0.138. The molecule has 110 valence electrons. The lowest BCUT2D eigenvalue weighted by molar-refractivity contribution is -0.141. The van der Waals surface area contributed by atoms with Crippen molar-refractivity contribution in [3.63, 3.8) is 0 Å². The van der Waals surface area contributed by atoms with Gasteiger partial charge >= 0.3 is 5.97 Å². The fourth-order valence-corrected chi connectivity index (χ4v) is 3.07. The third kappa shape index (κ3) is 4.12. The summed E-state index contributed by atoms with van der Waals surface area (Å²) in [5.74, 6) is -0.426. The maximum Gasteiger partial charge on any atom is 0.305 e. The van der Waals surface area contributed by atoms with Crippen LogP contribution >= 0.6 is 24.0 Å². The first-order valence-corrected chi connectivity index (χ1v) is 7.57. The predicted molar refractivity (Wildman–Crippen MR) is 85.4 cm³/mol. The summed E-state index contributed by atoms with van der Waals surface area (Å²) in [4.78, 5) is 29.6. The van der Waals surface area contributed by atoms with Gasteiger partial charge < -0.3 is 4.74 Å². The second-order valence-electron chi connectivity index (χ2n) is 4.27. The van der Waals surface area contributed by atoms with E-state index in [-0.39, 0.29) is 18.3 Å². The van der Waals surface area contributed by atoms with Gasteiger partial charge in [0.25, 0.3) is 5.91 Å². The van der Waals surface area contributed by atoms with E-state index in [1.54, 1.807) is 12.3 Å². The first-order chi connectivity index (χ1) is 10.1. The molecule has 0 spiro atoms. The van der Waals surface area contributed by atoms with Crippen LogP contribution in [0.15, 0.2) is 29.3 Å². The molecule has 7 heteroatoms. The Morgan fingerprint density at radius 1 is 1.52 bits per heavy atom. The zero-order valence-electron chi connectivity index (χ0n) is 11.4. The molecular weight excluding hydrogens is 308 g/mol. The number of rotatable bonds is 5. The van der Waals surface area contributed by atoms with E-state index in [1.165, 1.54) is 23.8 Å². The SMILES string of the molecule is COC(=O)CCCN1C(=O)/C(=C\c2ccccn2)SC1=S. The molecule has 1 fully saturated rings. The summed E-state index contributed by atoms with van der Waals surface area (Å²) < 4.78 is 5.08. The molecule has 0 aliphatic carbocycles. The van der Waals surface area contributed by atoms with E-state index in [0.29, 0.717) is 27.9 Å². The first-order valence-electron chi connectivity index (χ1n) is 6.35. The first kappa shape index (κ1) is 15.7. The van der Waals surface area contributed by atoms with Crippen molar-refractivity contribution in [2.45, 2.75) is 12.8 Å². The molecule has 1 amide bonds. The average molecular weight is 322 g/mol. The van der Waals surface area contributed by atoms with E-state index in [1.807, 2.05) is 18.2 Å². The summed E-state index contributed by atoms with van der Waals surface area (Å²) in [6.07, 6.45) is 4.19. The number of aromatic nitrogens is 1. The summed E-state index contributed by atoms with van der Waals surface area (Å²) >= 11 is 6.46. The minimum Gasteiger partial charge on any atom is -0.469 e. The topological polar surface area (TPSA) is 59.5 Å². The lowest BCUT2D eigenvalue weighted by Gasteiger charge is -2.13. The quantitative estimate of drug-likeness (QED) is 0.471. The maximum atomic E-state index is 12.3. The van der Waals surface area contributed by atoms with Crippen molar-refractivity contribution in [1.82, 2.24) is 9.88 Å². The third-order valence-corrected chi connectivity index (χ3v) is 4.21. The monoisotopic (exact) mass is 322 g/mol. The maximum absolute atomic E-state index is 12.3. The Morgan fingerprint density at radius 3 is 3.00 bits per heavy atom. The average Bonchev–Trinajstić information content (AvgIpc) is 2.75. The molecule has 0 saturated carbocycles. The highest BCUT2D eigenvalue weighted by atomic mass is 32.2. The van der Waals surface area contributed by atoms with Gasteiger partial charge in [-0.2, -0.15) is 0 Å². The molecule has 2 heterocycles. The van der Waals surface area contributed by atoms with Crippen molar-refractivity contribution >= 4 is 46.3 Å². The van der Waals surface area contributed by atoms with Crippen molar-refractivity contribution in [1.29, 1.82) is 0 Å². The molecular formula is C14H14N2O3S2. The highest BCUT2D eigenvalue weighted by molar-refractivity contribution is 8.26. The third-order valence-electron chi connectivity index (χ3n) is 2.83. The van der Waals surface area contributed by atoms with Gasteiger partial charge in [-0.25, -0.2) is 0 Å². The van der Waals surface area contributed by atoms with Gasteiger partial charge in [-0.15, -0.1) is 0 Å². The molecule has 1 aliphatic heterocycles. The molecule has 2 rings (SSSR count). The van der Waals surface area contributed by atoms with Gasteiger partial charge in [0.15, 0.2) is 0 Å². The Bertz CT molecular complexity index is 587. The Balaban J connectivity index is 2.00. The molecule has 5 nitrogen and oxygen atoms in total. The fraction of sp³-hybridized carbons (Fsp3) is 0.286. The Morgan fingerprint density at radius 2 is 2.33 bits per heavy atom. The zero-order valence-corrected chi connectivity index (χ0v) is 13.1. The minimum atomic E-state index is -0.288. The largest absolute Gasteiger partial charge is 0.469 e. The van der Waals surface area contributed by atoms with Crippen molar-refractivity contribution in [2.24, 2.45) is 0 Å². The number of thioether (sulfide) groups is 1. The number of amides is 1. The van der Waals surface area contributed by atoms with Crippen molar-refractivity contribution in [3.05, 3.63) is 35.0 Å². The highest BCUT2D eigenvalue weighted by Gasteiger charge is 2.31. The van der Waals surface area contributed by atoms with Gasteiger partial charge in [-0.3, -0.25) is 19.5 Å². The van der Waals surface area contributed by atoms with E-state index < -0.39 is 0 Å². The van der Waals surface area contributed by atoms with Gasteiger partial charge in [0.1, 0.15) is 4.32 Å². The fourth-order valence-electron chi connectivity index (χ4n) is 1.77. The summed E-state index contributed by atoms with van der Waals surface area (Å²) in [6, 6.07) is 5.50. The van der Waals surface area contributed by atoms with Crippen LogP contribution in [0.5, 0.6) is 0 Å². The Kier molecular flexibility index (Phi) is 5.46. The number of ether oxygens (including phenoxy) is 1. The summed E-state index contributed by atoms with van der Waals surface area (Å²) in [5.41, 5.74) is 0.715. The van der Waals surface area contributed by atoms with Gasteiger partial charge in [-0.1, -0.05) is 30.0 Å². The molecule has 1 saturated heterocycles. The van der Waals surface area contributed by atoms with Crippen LogP contribution in [0.1, 0.15) is 18.5 Å². The summed E-state index contributed by atoms with van der Waals surface area (Å²) in [7, 11) is 1.34. The number of hydrogen-bond donors (Lipinski definition) is 0. The van der Waals surface area contributed by atoms with Crippen LogP contribution < -0.4 is 0 Å². The van der Waals surface area contributed by atoms with Crippen molar-refractivity contribution < 1.29 is 14.3 Å². The number of methoxy groups -OCH3 is 1. The number of pyridine rings is 1. The van der Waals surface area contributed by atoms with E-state index in [0.717, 1.165) is 0 Å². The zero-order chi connectivity index (χ0) is 15.2. The van der Waals surface area contributed by atoms with E-state index >= 15 is 0 Å². The van der Waals surface area contributed by atoms with Crippen LogP contribution in [0.4, 0.5) is 0 Å². The number of carbonyl (C=O) groups is 2. The molecule has 1 aliphatic rings. The van der Waals surface area contributed by atoms with Crippen molar-refractivity contribution in [3.8, 4) is 0 Å². The van der Waals surface area contributed by atoms with Crippen LogP contribution in [0.25, 0.3) is 6.08 Å². The number of nitrogens with zero attached hydrogens (tertiary/aromatic N) is 2. The molecule has 0 bridgehead atoms. The van der Waals surface area contributed by atoms with Gasteiger partial charge in [0.05, 0.1) is 17.7 Å². The molecule has 0 atom stereocenters. The molecule has 1 aromatic heterocycles. The van der Waals surface area contributed by atoms with E-state index in [9.17, 15) is 9.59 Å². The van der Waals surface area contributed by atoms with Crippen LogP contribution in [0, 0.1) is 0 Å². The summed E-state index contributed by atoms with van der Waals surface area (Å²) in [5, 5.41) is 0. The highest BCUT2D eigenvalue weighted by Crippen LogP contribution is 2.32. The number of carbonyl (C=O) groups excluding carboxylic acids is 2. The Labute approximate surface area is 132 Å². The van der Waals surface area contributed by atoms with Crippen LogP contribution in [0.2, 0.25) is 0 Å². The Hall–Kier alpha value is -1.73. The van der Waals surface area contributed by atoms with E-state index in [4.69, 9.17) is 12.2 Å². The number of esters is 1. The molecule has 0 unspecified atom stereocenters. The van der Waals surface area contributed by atoms with Crippen LogP contribution in [-0.4, -0.2) is 39.7 Å². The molecule has 0 radical (unpaired) electrons. The second kappa shape index (κ2) is 7.33. The van der Waals surface area contributed by atoms with Crippen LogP contribution in [-0.2, 0) is 14.3 Å². The van der Waals surface area contributed by atoms with Gasteiger partial charge in [-0.05, 0) is 24.6 Å². The van der Waals surface area contributed by atoms with Gasteiger partial charge in [0.2, 0.25) is 0 Å². The van der Waals surface area contributed by atoms with E-state index in [2.05, 4.69) is 9.72 Å². The normalized spacial score (nSPS) is 16.6. The molecule has 1 aromatic rings. The number of hydrogen-bond acceptors (Lipinski definition) is 6. The lowest BCUT2D eigenvalue weighted by Crippen LogP contribution is -2.29. The standard InChI is InChI=1S/C14H14N2O3S2/c1-19-12(17)6-4-8-16-13(18)11(21-14(16)20)9-10-5-2-3-7-15-10/h2-3,5,7,9H,4,6,8H2,1H3/b11-9+. The smallest absolute Gasteiger partial charge is 0.305 e. The molecule has 21 heavy (non-hydrogen) atoms. The predicted octanol–water partition coefficient (Wildman–Crippen LogP) is 2.24. The van der Waals surface area contributed by atoms with Crippen molar-refractivity contribution in [2.75, 3.05) is 13.7 Å². The molecule has 0 aromatic carbocycles.